The van der Waals surface area contributed by atoms with Crippen LogP contribution in [0.5, 0.6) is 0 Å². The fourth-order valence-electron chi connectivity index (χ4n) is 4.46. The van der Waals surface area contributed by atoms with E-state index in [1.54, 1.807) is 89.1 Å². The number of nitrogens with one attached hydrogen (secondary N) is 1. The molecule has 11 heteroatoms. The molecular formula is C32H25FN4O5S. The lowest BCUT2D eigenvalue weighted by Gasteiger charge is -2.23. The number of amides is 1. The van der Waals surface area contributed by atoms with E-state index >= 15 is 0 Å². The van der Waals surface area contributed by atoms with E-state index in [0.717, 1.165) is 11.1 Å². The number of para-hydroxylation sites is 1. The Bertz CT molecular complexity index is 1760. The number of aliphatic carboxylic acids is 1. The first-order chi connectivity index (χ1) is 20.8. The van der Waals surface area contributed by atoms with Gasteiger partial charge in [0.15, 0.2) is 5.13 Å². The van der Waals surface area contributed by atoms with Gasteiger partial charge in [-0.15, -0.1) is 11.3 Å². The summed E-state index contributed by atoms with van der Waals surface area (Å²) in [7, 11) is 0. The third-order valence-corrected chi connectivity index (χ3v) is 7.53. The minimum Gasteiger partial charge on any atom is -0.480 e. The van der Waals surface area contributed by atoms with Crippen LogP contribution in [0.1, 0.15) is 21.5 Å². The Kier molecular flexibility index (Phi) is 8.82. The molecule has 0 saturated heterocycles. The van der Waals surface area contributed by atoms with E-state index in [1.165, 1.54) is 29.5 Å². The molecule has 0 aliphatic heterocycles. The van der Waals surface area contributed by atoms with Gasteiger partial charge in [0.25, 0.3) is 11.6 Å². The molecule has 0 fully saturated rings. The molecule has 1 aromatic heterocycles. The number of aromatic nitrogens is 1. The van der Waals surface area contributed by atoms with Crippen LogP contribution < -0.4 is 10.2 Å². The van der Waals surface area contributed by atoms with Gasteiger partial charge >= 0.3 is 5.97 Å². The monoisotopic (exact) mass is 596 g/mol. The molecular weight excluding hydrogens is 571 g/mol. The molecule has 4 aromatic carbocycles. The Labute approximate surface area is 250 Å². The molecule has 43 heavy (non-hydrogen) atoms. The van der Waals surface area contributed by atoms with E-state index in [0.29, 0.717) is 16.4 Å². The number of nitrogens with zero attached hydrogens (tertiary/aromatic N) is 3. The van der Waals surface area contributed by atoms with Crippen LogP contribution >= 0.6 is 11.3 Å². The van der Waals surface area contributed by atoms with E-state index in [-0.39, 0.29) is 29.9 Å². The highest BCUT2D eigenvalue weighted by Gasteiger charge is 2.22. The largest absolute Gasteiger partial charge is 0.480 e. The van der Waals surface area contributed by atoms with Crippen LogP contribution in [-0.4, -0.2) is 32.9 Å². The summed E-state index contributed by atoms with van der Waals surface area (Å²) in [6.07, 6.45) is 0.143. The molecule has 0 aliphatic carbocycles. The molecule has 1 amide bonds. The summed E-state index contributed by atoms with van der Waals surface area (Å²) in [5.41, 5.74) is 3.11. The minimum atomic E-state index is -1.14. The molecule has 216 valence electrons. The van der Waals surface area contributed by atoms with Crippen molar-refractivity contribution in [2.24, 2.45) is 0 Å². The maximum Gasteiger partial charge on any atom is 0.326 e. The van der Waals surface area contributed by atoms with Gasteiger partial charge in [-0.05, 0) is 35.4 Å². The summed E-state index contributed by atoms with van der Waals surface area (Å²) in [4.78, 5) is 41.8. The Hall–Kier alpha value is -5.42. The number of carboxylic acids is 1. The Balaban J connectivity index is 1.36. The molecule has 0 radical (unpaired) electrons. The highest BCUT2D eigenvalue weighted by molar-refractivity contribution is 7.14. The summed E-state index contributed by atoms with van der Waals surface area (Å²) in [6.45, 7) is 0.205. The van der Waals surface area contributed by atoms with E-state index in [9.17, 15) is 29.2 Å². The molecule has 0 bridgehead atoms. The minimum absolute atomic E-state index is 0.0584. The predicted octanol–water partition coefficient (Wildman–Crippen LogP) is 6.62. The number of carbonyl (C=O) groups excluding carboxylic acids is 1. The number of hydrogen-bond acceptors (Lipinski definition) is 7. The molecule has 0 aliphatic rings. The number of nitro benzene ring substituents is 1. The number of carbonyl (C=O) groups is 2. The van der Waals surface area contributed by atoms with Crippen molar-refractivity contribution < 1.29 is 24.0 Å². The third kappa shape index (κ3) is 7.08. The first-order valence-corrected chi connectivity index (χ1v) is 14.1. The number of hydrogen-bond donors (Lipinski definition) is 2. The predicted molar refractivity (Wildman–Crippen MR) is 162 cm³/mol. The number of benzene rings is 4. The van der Waals surface area contributed by atoms with Gasteiger partial charge < -0.3 is 15.3 Å². The Morgan fingerprint density at radius 2 is 1.67 bits per heavy atom. The molecule has 1 unspecified atom stereocenters. The lowest BCUT2D eigenvalue weighted by atomic mass is 10.1. The lowest BCUT2D eigenvalue weighted by Crippen LogP contribution is -2.42. The highest BCUT2D eigenvalue weighted by atomic mass is 32.1. The van der Waals surface area contributed by atoms with Gasteiger partial charge in [0.1, 0.15) is 11.9 Å². The highest BCUT2D eigenvalue weighted by Crippen LogP contribution is 2.35. The van der Waals surface area contributed by atoms with Crippen molar-refractivity contribution in [3.8, 4) is 11.3 Å². The number of thiazole rings is 1. The topological polar surface area (TPSA) is 126 Å². The summed E-state index contributed by atoms with van der Waals surface area (Å²) >= 11 is 1.27. The van der Waals surface area contributed by atoms with Crippen LogP contribution in [-0.2, 0) is 17.8 Å². The van der Waals surface area contributed by atoms with Crippen LogP contribution in [0.15, 0.2) is 109 Å². The first-order valence-electron chi connectivity index (χ1n) is 13.2. The second-order valence-corrected chi connectivity index (χ2v) is 10.4. The molecule has 1 atom stereocenters. The van der Waals surface area contributed by atoms with E-state index in [1.807, 2.05) is 6.07 Å². The fraction of sp³-hybridized carbons (Fsp3) is 0.0938. The molecule has 9 nitrogen and oxygen atoms in total. The van der Waals surface area contributed by atoms with Gasteiger partial charge in [0.05, 0.1) is 22.8 Å². The van der Waals surface area contributed by atoms with Crippen molar-refractivity contribution in [3.05, 3.63) is 141 Å². The van der Waals surface area contributed by atoms with Crippen molar-refractivity contribution in [2.75, 3.05) is 4.90 Å². The van der Waals surface area contributed by atoms with Crippen LogP contribution in [0.4, 0.5) is 20.9 Å². The lowest BCUT2D eigenvalue weighted by molar-refractivity contribution is -0.384. The van der Waals surface area contributed by atoms with Gasteiger partial charge in [-0.3, -0.25) is 14.9 Å². The first kappa shape index (κ1) is 29.1. The fourth-order valence-corrected chi connectivity index (χ4v) is 5.31. The molecule has 2 N–H and O–H groups in total. The van der Waals surface area contributed by atoms with Crippen molar-refractivity contribution in [1.82, 2.24) is 10.3 Å². The number of halogens is 1. The number of carboxylic acid groups (broad SMARTS) is 1. The summed E-state index contributed by atoms with van der Waals surface area (Å²) in [5, 5.41) is 25.7. The van der Waals surface area contributed by atoms with Gasteiger partial charge in [-0.2, -0.15) is 0 Å². The van der Waals surface area contributed by atoms with Gasteiger partial charge in [-0.1, -0.05) is 66.7 Å². The van der Waals surface area contributed by atoms with Gasteiger partial charge in [-0.25, -0.2) is 14.2 Å². The third-order valence-electron chi connectivity index (χ3n) is 6.66. The zero-order valence-corrected chi connectivity index (χ0v) is 23.4. The van der Waals surface area contributed by atoms with Crippen LogP contribution in [0.25, 0.3) is 11.3 Å². The van der Waals surface area contributed by atoms with Crippen molar-refractivity contribution in [2.45, 2.75) is 19.0 Å². The molecule has 5 aromatic rings. The van der Waals surface area contributed by atoms with E-state index in [2.05, 4.69) is 10.3 Å². The van der Waals surface area contributed by atoms with Gasteiger partial charge in [0.2, 0.25) is 0 Å². The van der Waals surface area contributed by atoms with Crippen molar-refractivity contribution in [3.63, 3.8) is 0 Å². The summed E-state index contributed by atoms with van der Waals surface area (Å²) in [6, 6.07) is 26.9. The Morgan fingerprint density at radius 1 is 0.953 bits per heavy atom. The molecule has 0 spiro atoms. The standard InChI is InChI=1S/C32H25FN4O5S/c33-26-11-4-5-12-29(26)36(32-35-28(20-43-32)24-9-6-10-25(18-24)37(41)42)19-22-13-15-23(16-14-22)30(38)34-27(31(39)40)17-21-7-2-1-3-8-21/h1-16,18,20,27H,17,19H2,(H,34,38)(H,39,40). The van der Waals surface area contributed by atoms with Crippen LogP contribution in [0.2, 0.25) is 0 Å². The van der Waals surface area contributed by atoms with E-state index < -0.39 is 28.7 Å². The zero-order chi connectivity index (χ0) is 30.3. The molecule has 0 saturated carbocycles. The van der Waals surface area contributed by atoms with Crippen molar-refractivity contribution >= 4 is 39.7 Å². The smallest absolute Gasteiger partial charge is 0.326 e. The SMILES string of the molecule is O=C(NC(Cc1ccccc1)C(=O)O)c1ccc(CN(c2nc(-c3cccc([N+](=O)[O-])c3)cs2)c2ccccc2F)cc1. The van der Waals surface area contributed by atoms with Crippen LogP contribution in [0, 0.1) is 15.9 Å². The Morgan fingerprint density at radius 3 is 2.37 bits per heavy atom. The maximum absolute atomic E-state index is 15.0. The average Bonchev–Trinajstić information content (AvgIpc) is 3.51. The average molecular weight is 597 g/mol. The summed E-state index contributed by atoms with van der Waals surface area (Å²) < 4.78 is 15.0. The number of rotatable bonds is 11. The number of non-ortho nitro benzene ring substituents is 1. The second kappa shape index (κ2) is 13.0. The van der Waals surface area contributed by atoms with Crippen LogP contribution in [0.3, 0.4) is 0 Å². The molecule has 5 rings (SSSR count). The normalized spacial score (nSPS) is 11.5. The number of nitro groups is 1. The van der Waals surface area contributed by atoms with E-state index in [4.69, 9.17) is 0 Å². The zero-order valence-electron chi connectivity index (χ0n) is 22.6. The van der Waals surface area contributed by atoms with Crippen molar-refractivity contribution in [1.29, 1.82) is 0 Å². The molecule has 1 heterocycles. The maximum atomic E-state index is 15.0. The summed E-state index contributed by atoms with van der Waals surface area (Å²) in [5.74, 6) is -2.12. The number of anilines is 2. The second-order valence-electron chi connectivity index (χ2n) is 9.61. The van der Waals surface area contributed by atoms with Gasteiger partial charge in [0, 0.05) is 35.1 Å². The quantitative estimate of drug-likeness (QED) is 0.130.